The standard InChI is InChI=1S/C16H18N2O4S/c1-3-4-8-22-15(20)11-6-5-7-12(9-11)18-14(19)13-10(2)17-16(21)23-13/h5-7,9H,3-4,8H2,1-2H3,(H,17,21)(H,18,19). The first kappa shape index (κ1) is 17.0. The monoisotopic (exact) mass is 334 g/mol. The molecule has 0 bridgehead atoms. The smallest absolute Gasteiger partial charge is 0.338 e. The molecular formula is C16H18N2O4S. The zero-order valence-electron chi connectivity index (χ0n) is 13.0. The molecule has 1 amide bonds. The molecular weight excluding hydrogens is 316 g/mol. The van der Waals surface area contributed by atoms with Crippen molar-refractivity contribution in [3.05, 3.63) is 50.1 Å². The van der Waals surface area contributed by atoms with E-state index in [2.05, 4.69) is 10.3 Å². The second-order valence-electron chi connectivity index (χ2n) is 4.99. The van der Waals surface area contributed by atoms with E-state index in [9.17, 15) is 14.4 Å². The number of aromatic nitrogens is 1. The number of thiazole rings is 1. The van der Waals surface area contributed by atoms with E-state index in [1.54, 1.807) is 31.2 Å². The van der Waals surface area contributed by atoms with Gasteiger partial charge in [-0.25, -0.2) is 4.79 Å². The van der Waals surface area contributed by atoms with Crippen molar-refractivity contribution in [2.75, 3.05) is 11.9 Å². The van der Waals surface area contributed by atoms with Crippen molar-refractivity contribution in [1.29, 1.82) is 0 Å². The fourth-order valence-electron chi connectivity index (χ4n) is 1.93. The van der Waals surface area contributed by atoms with E-state index >= 15 is 0 Å². The zero-order valence-corrected chi connectivity index (χ0v) is 13.8. The molecule has 0 unspecified atom stereocenters. The first-order valence-electron chi connectivity index (χ1n) is 7.29. The highest BCUT2D eigenvalue weighted by Crippen LogP contribution is 2.15. The number of benzene rings is 1. The Morgan fingerprint density at radius 3 is 2.78 bits per heavy atom. The summed E-state index contributed by atoms with van der Waals surface area (Å²) >= 11 is 0.851. The summed E-state index contributed by atoms with van der Waals surface area (Å²) in [6.07, 6.45) is 1.76. The number of carbonyl (C=O) groups is 2. The molecule has 2 N–H and O–H groups in total. The van der Waals surface area contributed by atoms with Gasteiger partial charge in [-0.2, -0.15) is 0 Å². The molecule has 0 aliphatic rings. The summed E-state index contributed by atoms with van der Waals surface area (Å²) in [5.41, 5.74) is 1.37. The molecule has 0 spiro atoms. The minimum Gasteiger partial charge on any atom is -0.462 e. The van der Waals surface area contributed by atoms with E-state index in [4.69, 9.17) is 4.74 Å². The van der Waals surface area contributed by atoms with E-state index in [0.717, 1.165) is 24.2 Å². The third kappa shape index (κ3) is 4.53. The molecule has 1 aromatic heterocycles. The molecule has 0 saturated heterocycles. The summed E-state index contributed by atoms with van der Waals surface area (Å²) in [7, 11) is 0. The number of hydrogen-bond donors (Lipinski definition) is 2. The quantitative estimate of drug-likeness (QED) is 0.628. The maximum absolute atomic E-state index is 12.2. The van der Waals surface area contributed by atoms with Crippen molar-refractivity contribution in [1.82, 2.24) is 4.98 Å². The van der Waals surface area contributed by atoms with Gasteiger partial charge < -0.3 is 15.0 Å². The van der Waals surface area contributed by atoms with Crippen molar-refractivity contribution < 1.29 is 14.3 Å². The van der Waals surface area contributed by atoms with Crippen LogP contribution < -0.4 is 10.2 Å². The van der Waals surface area contributed by atoms with E-state index in [1.807, 2.05) is 6.92 Å². The highest BCUT2D eigenvalue weighted by atomic mass is 32.1. The van der Waals surface area contributed by atoms with Crippen LogP contribution in [0.15, 0.2) is 29.1 Å². The maximum atomic E-state index is 12.2. The van der Waals surface area contributed by atoms with Crippen LogP contribution >= 0.6 is 11.3 Å². The Hall–Kier alpha value is -2.41. The Kier molecular flexibility index (Phi) is 5.70. The lowest BCUT2D eigenvalue weighted by Gasteiger charge is -2.07. The summed E-state index contributed by atoms with van der Waals surface area (Å²) in [4.78, 5) is 37.9. The first-order valence-corrected chi connectivity index (χ1v) is 8.11. The molecule has 0 radical (unpaired) electrons. The number of rotatable bonds is 6. The highest BCUT2D eigenvalue weighted by Gasteiger charge is 2.14. The predicted octanol–water partition coefficient (Wildman–Crippen LogP) is 2.95. The number of aryl methyl sites for hydroxylation is 1. The second-order valence-corrected chi connectivity index (χ2v) is 5.98. The van der Waals surface area contributed by atoms with Crippen LogP contribution in [0.2, 0.25) is 0 Å². The average molecular weight is 334 g/mol. The van der Waals surface area contributed by atoms with Crippen molar-refractivity contribution in [3.8, 4) is 0 Å². The van der Waals surface area contributed by atoms with Gasteiger partial charge in [0.05, 0.1) is 12.2 Å². The summed E-state index contributed by atoms with van der Waals surface area (Å²) in [6, 6.07) is 6.52. The Morgan fingerprint density at radius 1 is 1.35 bits per heavy atom. The van der Waals surface area contributed by atoms with Crippen LogP contribution in [0.25, 0.3) is 0 Å². The van der Waals surface area contributed by atoms with Crippen LogP contribution in [0, 0.1) is 6.92 Å². The van der Waals surface area contributed by atoms with Gasteiger partial charge in [-0.15, -0.1) is 0 Å². The highest BCUT2D eigenvalue weighted by molar-refractivity contribution is 7.11. The number of amides is 1. The third-order valence-electron chi connectivity index (χ3n) is 3.12. The van der Waals surface area contributed by atoms with Gasteiger partial charge in [0.2, 0.25) is 0 Å². The number of esters is 1. The summed E-state index contributed by atoms with van der Waals surface area (Å²) in [6.45, 7) is 4.05. The van der Waals surface area contributed by atoms with E-state index in [0.29, 0.717) is 28.4 Å². The molecule has 1 aromatic carbocycles. The third-order valence-corrected chi connectivity index (χ3v) is 4.10. The largest absolute Gasteiger partial charge is 0.462 e. The van der Waals surface area contributed by atoms with Crippen LogP contribution in [0.3, 0.4) is 0 Å². The normalized spacial score (nSPS) is 10.3. The van der Waals surface area contributed by atoms with Gasteiger partial charge in [0.25, 0.3) is 5.91 Å². The molecule has 2 aromatic rings. The predicted molar refractivity (Wildman–Crippen MR) is 89.3 cm³/mol. The lowest BCUT2D eigenvalue weighted by Crippen LogP contribution is -2.12. The van der Waals surface area contributed by atoms with Crippen molar-refractivity contribution in [3.63, 3.8) is 0 Å². The summed E-state index contributed by atoms with van der Waals surface area (Å²) in [5.74, 6) is -0.806. The van der Waals surface area contributed by atoms with Gasteiger partial charge >= 0.3 is 10.8 Å². The molecule has 1 heterocycles. The zero-order chi connectivity index (χ0) is 16.8. The van der Waals surface area contributed by atoms with Crippen LogP contribution in [0.4, 0.5) is 5.69 Å². The van der Waals surface area contributed by atoms with Gasteiger partial charge in [-0.3, -0.25) is 9.59 Å². The molecule has 122 valence electrons. The van der Waals surface area contributed by atoms with E-state index < -0.39 is 5.97 Å². The fraction of sp³-hybridized carbons (Fsp3) is 0.312. The number of unbranched alkanes of at least 4 members (excludes halogenated alkanes) is 1. The minimum absolute atomic E-state index is 0.277. The Labute approximate surface area is 137 Å². The number of aromatic amines is 1. The van der Waals surface area contributed by atoms with Gasteiger partial charge in [0, 0.05) is 11.4 Å². The van der Waals surface area contributed by atoms with Crippen molar-refractivity contribution in [2.24, 2.45) is 0 Å². The average Bonchev–Trinajstić information content (AvgIpc) is 2.86. The topological polar surface area (TPSA) is 88.3 Å². The molecule has 7 heteroatoms. The van der Waals surface area contributed by atoms with E-state index in [1.165, 1.54) is 0 Å². The van der Waals surface area contributed by atoms with Crippen molar-refractivity contribution >= 4 is 28.9 Å². The Bertz CT molecular complexity index is 763. The maximum Gasteiger partial charge on any atom is 0.338 e. The molecule has 23 heavy (non-hydrogen) atoms. The number of carbonyl (C=O) groups excluding carboxylic acids is 2. The number of anilines is 1. The van der Waals surface area contributed by atoms with Gasteiger partial charge in [0.1, 0.15) is 4.88 Å². The van der Waals surface area contributed by atoms with Crippen LogP contribution in [-0.4, -0.2) is 23.5 Å². The van der Waals surface area contributed by atoms with E-state index in [-0.39, 0.29) is 10.8 Å². The second kappa shape index (κ2) is 7.73. The summed E-state index contributed by atoms with van der Waals surface area (Å²) in [5, 5.41) is 2.68. The first-order chi connectivity index (χ1) is 11.0. The minimum atomic E-state index is -0.419. The van der Waals surface area contributed by atoms with Gasteiger partial charge in [-0.1, -0.05) is 30.7 Å². The lowest BCUT2D eigenvalue weighted by atomic mass is 10.2. The lowest BCUT2D eigenvalue weighted by molar-refractivity contribution is 0.0499. The number of hydrogen-bond acceptors (Lipinski definition) is 5. The SMILES string of the molecule is CCCCOC(=O)c1cccc(NC(=O)c2sc(=O)[nH]c2C)c1. The molecule has 6 nitrogen and oxygen atoms in total. The number of H-pyrrole nitrogens is 1. The fourth-order valence-corrected chi connectivity index (χ4v) is 2.66. The number of nitrogens with one attached hydrogen (secondary N) is 2. The van der Waals surface area contributed by atoms with Crippen LogP contribution in [-0.2, 0) is 4.74 Å². The summed E-state index contributed by atoms with van der Waals surface area (Å²) < 4.78 is 5.14. The Morgan fingerprint density at radius 2 is 2.13 bits per heavy atom. The molecule has 0 aliphatic carbocycles. The Balaban J connectivity index is 2.08. The molecule has 0 fully saturated rings. The van der Waals surface area contributed by atoms with Gasteiger partial charge in [-0.05, 0) is 31.5 Å². The van der Waals surface area contributed by atoms with Crippen LogP contribution in [0.1, 0.15) is 45.5 Å². The van der Waals surface area contributed by atoms with Crippen LogP contribution in [0.5, 0.6) is 0 Å². The molecule has 0 aliphatic heterocycles. The molecule has 0 saturated carbocycles. The molecule has 0 atom stereocenters. The molecule has 2 rings (SSSR count). The number of ether oxygens (including phenoxy) is 1. The van der Waals surface area contributed by atoms with Crippen molar-refractivity contribution in [2.45, 2.75) is 26.7 Å². The van der Waals surface area contributed by atoms with Gasteiger partial charge in [0.15, 0.2) is 0 Å².